The van der Waals surface area contributed by atoms with Crippen LogP contribution < -0.4 is 20.7 Å². The Kier molecular flexibility index (Phi) is 6.38. The van der Waals surface area contributed by atoms with Crippen LogP contribution in [0.3, 0.4) is 0 Å². The molecule has 9 heteroatoms. The number of aromatic nitrogens is 1. The summed E-state index contributed by atoms with van der Waals surface area (Å²) in [6.07, 6.45) is 1.81. The van der Waals surface area contributed by atoms with Crippen LogP contribution >= 0.6 is 0 Å². The molecule has 0 atom stereocenters. The third-order valence-electron chi connectivity index (χ3n) is 5.46. The largest absolute Gasteiger partial charge is 0.497 e. The highest BCUT2D eigenvalue weighted by atomic mass is 16.5. The molecule has 1 fully saturated rings. The van der Waals surface area contributed by atoms with Crippen LogP contribution in [-0.2, 0) is 14.3 Å². The molecule has 0 aliphatic carbocycles. The van der Waals surface area contributed by atoms with Crippen molar-refractivity contribution in [2.45, 2.75) is 19.3 Å². The van der Waals surface area contributed by atoms with Crippen LogP contribution in [0.25, 0.3) is 10.9 Å². The molecule has 1 saturated heterocycles. The van der Waals surface area contributed by atoms with Gasteiger partial charge in [0.1, 0.15) is 11.4 Å². The second kappa shape index (κ2) is 8.95. The first-order chi connectivity index (χ1) is 13.9. The van der Waals surface area contributed by atoms with Gasteiger partial charge in [-0.15, -0.1) is 0 Å². The molecule has 0 unspecified atom stereocenters. The number of hydrogen-bond donors (Lipinski definition) is 4. The molecule has 1 aromatic heterocycles. The summed E-state index contributed by atoms with van der Waals surface area (Å²) < 4.78 is 10.0. The minimum absolute atomic E-state index is 0.0570. The number of piperidine rings is 1. The number of likely N-dealkylation sites (tertiary alicyclic amines) is 1. The quantitative estimate of drug-likeness (QED) is 0.487. The van der Waals surface area contributed by atoms with Gasteiger partial charge in [-0.1, -0.05) is 0 Å². The Morgan fingerprint density at radius 2 is 1.97 bits per heavy atom. The number of esters is 1. The number of carbonyl (C=O) groups excluding carboxylic acids is 3. The minimum atomic E-state index is -0.561. The number of carbonyl (C=O) groups is 3. The number of amides is 2. The van der Waals surface area contributed by atoms with Gasteiger partial charge in [-0.05, 0) is 12.1 Å². The number of hydrogen-bond acceptors (Lipinski definition) is 5. The average Bonchev–Trinajstić information content (AvgIpc) is 3.09. The maximum Gasteiger partial charge on any atom is 0.356 e. The molecular formula is C20H27N4O5+. The molecule has 0 radical (unpaired) electrons. The van der Waals surface area contributed by atoms with E-state index in [4.69, 9.17) is 15.2 Å². The normalized spacial score (nSPS) is 19.0. The average molecular weight is 403 g/mol. The third kappa shape index (κ3) is 4.68. The summed E-state index contributed by atoms with van der Waals surface area (Å²) in [7, 11) is 2.85. The number of benzene rings is 1. The first-order valence-corrected chi connectivity index (χ1v) is 9.63. The number of ether oxygens (including phenoxy) is 2. The standard InChI is InChI=1S/C20H26N4O5/c1-28-13-3-4-14-15(11-13)22-18(20(27)29-2)17(14)23-16(25)7-10-24-8-5-12(6-9-24)19(21)26/h3-4,11-12,22H,5-10H2,1-2H3,(H2,21,26)(H,23,25)/p+1. The summed E-state index contributed by atoms with van der Waals surface area (Å²) >= 11 is 0. The number of nitrogens with two attached hydrogens (primary N) is 1. The van der Waals surface area contributed by atoms with Crippen LogP contribution in [0.1, 0.15) is 29.8 Å². The maximum absolute atomic E-state index is 12.6. The molecule has 0 spiro atoms. The van der Waals surface area contributed by atoms with Crippen molar-refractivity contribution in [1.82, 2.24) is 4.98 Å². The SMILES string of the molecule is COC(=O)c1[nH]c2cc(OC)ccc2c1NC(=O)CC[NH+]1CCC(C(N)=O)CC1. The highest BCUT2D eigenvalue weighted by molar-refractivity contribution is 6.11. The number of anilines is 1. The number of rotatable bonds is 7. The van der Waals surface area contributed by atoms with Gasteiger partial charge in [0, 0.05) is 30.2 Å². The van der Waals surface area contributed by atoms with Crippen LogP contribution in [0.4, 0.5) is 5.69 Å². The zero-order valence-electron chi connectivity index (χ0n) is 16.7. The van der Waals surface area contributed by atoms with Gasteiger partial charge in [0.05, 0.1) is 51.5 Å². The van der Waals surface area contributed by atoms with Crippen molar-refractivity contribution < 1.29 is 28.8 Å². The topological polar surface area (TPSA) is 128 Å². The molecular weight excluding hydrogens is 376 g/mol. The van der Waals surface area contributed by atoms with E-state index in [9.17, 15) is 14.4 Å². The predicted molar refractivity (Wildman–Crippen MR) is 107 cm³/mol. The molecule has 0 bridgehead atoms. The molecule has 29 heavy (non-hydrogen) atoms. The monoisotopic (exact) mass is 403 g/mol. The van der Waals surface area contributed by atoms with E-state index in [0.717, 1.165) is 25.9 Å². The number of quaternary nitrogens is 1. The van der Waals surface area contributed by atoms with E-state index in [1.54, 1.807) is 25.3 Å². The summed E-state index contributed by atoms with van der Waals surface area (Å²) in [5.41, 5.74) is 6.63. The number of methoxy groups -OCH3 is 2. The lowest BCUT2D eigenvalue weighted by molar-refractivity contribution is -0.905. The zero-order chi connectivity index (χ0) is 21.0. The smallest absolute Gasteiger partial charge is 0.356 e. The van der Waals surface area contributed by atoms with Gasteiger partial charge in [-0.3, -0.25) is 9.59 Å². The summed E-state index contributed by atoms with van der Waals surface area (Å²) in [6, 6.07) is 5.30. The van der Waals surface area contributed by atoms with E-state index in [1.807, 2.05) is 0 Å². The van der Waals surface area contributed by atoms with Crippen LogP contribution in [0.2, 0.25) is 0 Å². The van der Waals surface area contributed by atoms with Crippen molar-refractivity contribution in [3.63, 3.8) is 0 Å². The van der Waals surface area contributed by atoms with Gasteiger partial charge in [0.2, 0.25) is 11.8 Å². The van der Waals surface area contributed by atoms with Crippen LogP contribution in [0.5, 0.6) is 5.75 Å². The molecule has 9 nitrogen and oxygen atoms in total. The Hall–Kier alpha value is -3.07. The van der Waals surface area contributed by atoms with Gasteiger partial charge in [0.25, 0.3) is 0 Å². The van der Waals surface area contributed by atoms with Crippen LogP contribution in [0.15, 0.2) is 18.2 Å². The van der Waals surface area contributed by atoms with Gasteiger partial charge in [-0.2, -0.15) is 0 Å². The first-order valence-electron chi connectivity index (χ1n) is 9.63. The van der Waals surface area contributed by atoms with Crippen molar-refractivity contribution >= 4 is 34.4 Å². The molecule has 5 N–H and O–H groups in total. The summed E-state index contributed by atoms with van der Waals surface area (Å²) in [6.45, 7) is 2.30. The Morgan fingerprint density at radius 3 is 2.59 bits per heavy atom. The van der Waals surface area contributed by atoms with E-state index in [0.29, 0.717) is 35.3 Å². The van der Waals surface area contributed by atoms with Gasteiger partial charge < -0.3 is 30.4 Å². The number of fused-ring (bicyclic) bond motifs is 1. The Morgan fingerprint density at radius 1 is 1.24 bits per heavy atom. The van der Waals surface area contributed by atoms with Gasteiger partial charge in [0.15, 0.2) is 0 Å². The van der Waals surface area contributed by atoms with Gasteiger partial charge in [-0.25, -0.2) is 4.79 Å². The third-order valence-corrected chi connectivity index (χ3v) is 5.46. The van der Waals surface area contributed by atoms with Crippen LogP contribution in [-0.4, -0.2) is 56.6 Å². The molecule has 156 valence electrons. The molecule has 0 saturated carbocycles. The maximum atomic E-state index is 12.6. The Bertz CT molecular complexity index is 915. The highest BCUT2D eigenvalue weighted by Gasteiger charge is 2.26. The number of H-pyrrole nitrogens is 1. The number of nitrogens with one attached hydrogen (secondary N) is 3. The van der Waals surface area contributed by atoms with Crippen molar-refractivity contribution in [3.05, 3.63) is 23.9 Å². The van der Waals surface area contributed by atoms with Crippen LogP contribution in [0, 0.1) is 5.92 Å². The van der Waals surface area contributed by atoms with E-state index in [2.05, 4.69) is 10.3 Å². The predicted octanol–water partition coefficient (Wildman–Crippen LogP) is 0.0719. The molecule has 1 aromatic carbocycles. The fourth-order valence-electron chi connectivity index (χ4n) is 3.74. The first kappa shape index (κ1) is 20.7. The fourth-order valence-corrected chi connectivity index (χ4v) is 3.74. The zero-order valence-corrected chi connectivity index (χ0v) is 16.7. The van der Waals surface area contributed by atoms with E-state index < -0.39 is 5.97 Å². The molecule has 3 rings (SSSR count). The second-order valence-corrected chi connectivity index (χ2v) is 7.25. The Labute approximate surface area is 168 Å². The fraction of sp³-hybridized carbons (Fsp3) is 0.450. The molecule has 2 aromatic rings. The minimum Gasteiger partial charge on any atom is -0.497 e. The Balaban J connectivity index is 1.68. The second-order valence-electron chi connectivity index (χ2n) is 7.25. The van der Waals surface area contributed by atoms with Crippen molar-refractivity contribution in [1.29, 1.82) is 0 Å². The molecule has 1 aliphatic rings. The highest BCUT2D eigenvalue weighted by Crippen LogP contribution is 2.31. The number of primary amides is 1. The van der Waals surface area contributed by atoms with Gasteiger partial charge >= 0.3 is 5.97 Å². The lowest BCUT2D eigenvalue weighted by atomic mass is 9.96. The van der Waals surface area contributed by atoms with E-state index in [1.165, 1.54) is 12.0 Å². The summed E-state index contributed by atoms with van der Waals surface area (Å²) in [4.78, 5) is 40.3. The summed E-state index contributed by atoms with van der Waals surface area (Å²) in [5, 5.41) is 3.56. The lowest BCUT2D eigenvalue weighted by Crippen LogP contribution is -3.13. The van der Waals surface area contributed by atoms with Crippen molar-refractivity contribution in [2.24, 2.45) is 11.7 Å². The van der Waals surface area contributed by atoms with Crippen molar-refractivity contribution in [3.8, 4) is 5.75 Å². The van der Waals surface area contributed by atoms with Crippen molar-refractivity contribution in [2.75, 3.05) is 39.2 Å². The van der Waals surface area contributed by atoms with E-state index >= 15 is 0 Å². The molecule has 2 heterocycles. The van der Waals surface area contributed by atoms with E-state index in [-0.39, 0.29) is 23.4 Å². The molecule has 2 amide bonds. The summed E-state index contributed by atoms with van der Waals surface area (Å²) in [5.74, 6) is -0.409. The lowest BCUT2D eigenvalue weighted by Gasteiger charge is -2.27. The number of aromatic amines is 1. The molecule has 1 aliphatic heterocycles.